The zero-order valence-corrected chi connectivity index (χ0v) is 23.3. The predicted octanol–water partition coefficient (Wildman–Crippen LogP) is 7.27. The van der Waals surface area contributed by atoms with Gasteiger partial charge in [-0.25, -0.2) is 4.79 Å². The summed E-state index contributed by atoms with van der Waals surface area (Å²) in [7, 11) is 0. The van der Waals surface area contributed by atoms with E-state index < -0.39 is 5.97 Å². The third-order valence-electron chi connectivity index (χ3n) is 6.35. The van der Waals surface area contributed by atoms with Crippen LogP contribution in [0.15, 0.2) is 36.9 Å². The quantitative estimate of drug-likeness (QED) is 0.120. The zero-order valence-electron chi connectivity index (χ0n) is 21.7. The molecule has 0 bridgehead atoms. The summed E-state index contributed by atoms with van der Waals surface area (Å²) in [5, 5.41) is 3.79. The molecule has 0 aromatic heterocycles. The number of hydrogen-bond acceptors (Lipinski definition) is 9. The van der Waals surface area contributed by atoms with E-state index in [-0.39, 0.29) is 23.8 Å². The second-order valence-corrected chi connectivity index (χ2v) is 11.3. The van der Waals surface area contributed by atoms with Crippen LogP contribution in [-0.2, 0) is 19.2 Å². The van der Waals surface area contributed by atoms with Crippen LogP contribution in [0, 0.1) is 11.8 Å². The molecule has 0 amide bonds. The summed E-state index contributed by atoms with van der Waals surface area (Å²) in [4.78, 5) is 44.4. The van der Waals surface area contributed by atoms with E-state index in [0.29, 0.717) is 49.7 Å². The largest absolute Gasteiger partial charge is 0.425 e. The van der Waals surface area contributed by atoms with Crippen molar-refractivity contribution in [2.45, 2.75) is 95.8 Å². The molecule has 2 atom stereocenters. The highest BCUT2D eigenvalue weighted by Crippen LogP contribution is 2.59. The Kier molecular flexibility index (Phi) is 10.5. The van der Waals surface area contributed by atoms with Crippen LogP contribution < -0.4 is 9.47 Å². The van der Waals surface area contributed by atoms with Crippen LogP contribution in [0.1, 0.15) is 86.0 Å². The first-order valence-corrected chi connectivity index (χ1v) is 14.4. The van der Waals surface area contributed by atoms with E-state index in [1.165, 1.54) is 23.5 Å². The molecule has 2 unspecified atom stereocenters. The second-order valence-electron chi connectivity index (χ2n) is 8.98. The molecule has 0 radical (unpaired) electrons. The molecule has 2 aliphatic heterocycles. The van der Waals surface area contributed by atoms with Crippen LogP contribution in [0.4, 0.5) is 0 Å². The maximum absolute atomic E-state index is 13.0. The normalized spacial score (nSPS) is 16.4. The van der Waals surface area contributed by atoms with Gasteiger partial charge in [0.25, 0.3) is 0 Å². The third kappa shape index (κ3) is 6.54. The number of oxime groups is 1. The van der Waals surface area contributed by atoms with E-state index in [4.69, 9.17) is 14.3 Å². The van der Waals surface area contributed by atoms with Gasteiger partial charge in [0.15, 0.2) is 0 Å². The molecule has 1 aromatic rings. The van der Waals surface area contributed by atoms with Gasteiger partial charge < -0.3 is 14.3 Å². The molecular formula is C27H35NO6S2. The van der Waals surface area contributed by atoms with Gasteiger partial charge in [-0.2, -0.15) is 0 Å². The summed E-state index contributed by atoms with van der Waals surface area (Å²) in [6.07, 6.45) is 6.89. The molecule has 196 valence electrons. The molecule has 7 nitrogen and oxygen atoms in total. The zero-order chi connectivity index (χ0) is 26.2. The van der Waals surface area contributed by atoms with Gasteiger partial charge in [0.2, 0.25) is 0 Å². The van der Waals surface area contributed by atoms with Gasteiger partial charge >= 0.3 is 17.9 Å². The first kappa shape index (κ1) is 28.3. The lowest BCUT2D eigenvalue weighted by atomic mass is 10.00. The van der Waals surface area contributed by atoms with Crippen molar-refractivity contribution < 1.29 is 28.7 Å². The maximum atomic E-state index is 13.0. The predicted molar refractivity (Wildman–Crippen MR) is 142 cm³/mol. The SMILES string of the molecule is CCCCC(CC)C(=O)Oc1ccc(OC(=O)C(CC)CCCC)c2c1SC(=C1C(=O)ON=C1C)S2. The fourth-order valence-electron chi connectivity index (χ4n) is 4.03. The standard InChI is InChI=1S/C27H35NO6S2/c1-6-10-12-17(8-3)24(29)32-19-14-15-20(33-25(30)18(9-4)13-11-7-2)23-22(19)35-27(36-23)21-16(5)28-34-26(21)31/h14-15,17-18H,6-13H2,1-5H3. The van der Waals surface area contributed by atoms with E-state index in [9.17, 15) is 14.4 Å². The van der Waals surface area contributed by atoms with Gasteiger partial charge in [0.1, 0.15) is 17.1 Å². The minimum atomic E-state index is -0.524. The number of nitrogens with zero attached hydrogens (tertiary/aromatic N) is 1. The molecule has 9 heteroatoms. The van der Waals surface area contributed by atoms with E-state index in [2.05, 4.69) is 19.0 Å². The van der Waals surface area contributed by atoms with E-state index in [1.54, 1.807) is 19.1 Å². The smallest absolute Gasteiger partial charge is 0.369 e. The van der Waals surface area contributed by atoms with Crippen LogP contribution in [0.5, 0.6) is 11.5 Å². The molecule has 2 heterocycles. The lowest BCUT2D eigenvalue weighted by molar-refractivity contribution is -0.140. The van der Waals surface area contributed by atoms with Crippen LogP contribution >= 0.6 is 23.5 Å². The van der Waals surface area contributed by atoms with E-state index in [1.807, 2.05) is 13.8 Å². The summed E-state index contributed by atoms with van der Waals surface area (Å²) < 4.78 is 12.4. The number of ether oxygens (including phenoxy) is 2. The Balaban J connectivity index is 1.94. The molecule has 36 heavy (non-hydrogen) atoms. The average molecular weight is 534 g/mol. The summed E-state index contributed by atoms with van der Waals surface area (Å²) in [6, 6.07) is 3.35. The van der Waals surface area contributed by atoms with Crippen LogP contribution in [0.25, 0.3) is 0 Å². The van der Waals surface area contributed by atoms with Crippen molar-refractivity contribution >= 4 is 47.1 Å². The number of carbonyl (C=O) groups excluding carboxylic acids is 3. The minimum Gasteiger partial charge on any atom is -0.425 e. The molecule has 0 aliphatic carbocycles. The topological polar surface area (TPSA) is 91.3 Å². The summed E-state index contributed by atoms with van der Waals surface area (Å²) in [6.45, 7) is 9.87. The van der Waals surface area contributed by atoms with Crippen molar-refractivity contribution in [3.05, 3.63) is 21.9 Å². The highest BCUT2D eigenvalue weighted by Gasteiger charge is 2.35. The molecule has 0 fully saturated rings. The number of thioether (sulfide) groups is 2. The molecule has 3 rings (SSSR count). The average Bonchev–Trinajstić information content (AvgIpc) is 3.44. The molecule has 0 saturated carbocycles. The lowest BCUT2D eigenvalue weighted by Crippen LogP contribution is -2.21. The number of hydrogen-bond donors (Lipinski definition) is 0. The molecule has 0 saturated heterocycles. The summed E-state index contributed by atoms with van der Waals surface area (Å²) in [5.74, 6) is -0.630. The van der Waals surface area contributed by atoms with E-state index in [0.717, 1.165) is 38.5 Å². The minimum absolute atomic E-state index is 0.182. The molecule has 2 aliphatic rings. The highest BCUT2D eigenvalue weighted by molar-refractivity contribution is 8.25. The molecular weight excluding hydrogens is 498 g/mol. The fraction of sp³-hybridized carbons (Fsp3) is 0.556. The molecule has 0 N–H and O–H groups in total. The van der Waals surface area contributed by atoms with Crippen molar-refractivity contribution in [3.63, 3.8) is 0 Å². The Morgan fingerprint density at radius 3 is 1.72 bits per heavy atom. The van der Waals surface area contributed by atoms with Gasteiger partial charge in [-0.05, 0) is 44.7 Å². The Morgan fingerprint density at radius 1 is 0.889 bits per heavy atom. The maximum Gasteiger partial charge on any atom is 0.369 e. The Bertz CT molecular complexity index is 1000. The first-order chi connectivity index (χ1) is 17.3. The Hall–Kier alpha value is -2.26. The summed E-state index contributed by atoms with van der Waals surface area (Å²) >= 11 is 2.62. The number of esters is 2. The second kappa shape index (κ2) is 13.3. The van der Waals surface area contributed by atoms with Gasteiger partial charge in [-0.3, -0.25) is 9.59 Å². The Morgan fingerprint density at radius 2 is 1.36 bits per heavy atom. The number of benzene rings is 1. The molecule has 1 aromatic carbocycles. The first-order valence-electron chi connectivity index (χ1n) is 12.8. The van der Waals surface area contributed by atoms with E-state index >= 15 is 0 Å². The fourth-order valence-corrected chi connectivity index (χ4v) is 6.79. The van der Waals surface area contributed by atoms with Gasteiger partial charge in [-0.15, -0.1) is 0 Å². The van der Waals surface area contributed by atoms with Gasteiger partial charge in [-0.1, -0.05) is 82.1 Å². The van der Waals surface area contributed by atoms with Crippen molar-refractivity contribution in [1.29, 1.82) is 0 Å². The van der Waals surface area contributed by atoms with Crippen LogP contribution in [0.2, 0.25) is 0 Å². The van der Waals surface area contributed by atoms with Crippen LogP contribution in [-0.4, -0.2) is 23.6 Å². The Labute approximate surface area is 221 Å². The van der Waals surface area contributed by atoms with Gasteiger partial charge in [0, 0.05) is 0 Å². The van der Waals surface area contributed by atoms with Crippen molar-refractivity contribution in [1.82, 2.24) is 0 Å². The number of carbonyl (C=O) groups is 3. The monoisotopic (exact) mass is 533 g/mol. The number of rotatable bonds is 12. The van der Waals surface area contributed by atoms with Gasteiger partial charge in [0.05, 0.1) is 31.6 Å². The van der Waals surface area contributed by atoms with Crippen molar-refractivity contribution in [3.8, 4) is 11.5 Å². The summed E-state index contributed by atoms with van der Waals surface area (Å²) in [5.41, 5.74) is 0.857. The van der Waals surface area contributed by atoms with Crippen molar-refractivity contribution in [2.75, 3.05) is 0 Å². The van der Waals surface area contributed by atoms with Crippen LogP contribution in [0.3, 0.4) is 0 Å². The third-order valence-corrected chi connectivity index (χ3v) is 8.98. The lowest BCUT2D eigenvalue weighted by Gasteiger charge is -2.17. The number of unbranched alkanes of at least 4 members (excludes halogenated alkanes) is 2. The number of fused-ring (bicyclic) bond motifs is 1. The van der Waals surface area contributed by atoms with Crippen molar-refractivity contribution in [2.24, 2.45) is 17.0 Å². The highest BCUT2D eigenvalue weighted by atomic mass is 32.2. The molecule has 0 spiro atoms.